The molecular formula is C66H118O5. The molecule has 0 aliphatic rings. The lowest BCUT2D eigenvalue weighted by Gasteiger charge is -2.15. The maximum absolute atomic E-state index is 12.3. The average Bonchev–Trinajstić information content (AvgIpc) is 3.37. The summed E-state index contributed by atoms with van der Waals surface area (Å²) in [6, 6.07) is 0. The summed E-state index contributed by atoms with van der Waals surface area (Å²) < 4.78 is 10.7. The predicted octanol–water partition coefficient (Wildman–Crippen LogP) is 21.1. The Morgan fingerprint density at radius 1 is 0.338 bits per heavy atom. The van der Waals surface area contributed by atoms with Crippen LogP contribution < -0.4 is 0 Å². The number of hydrogen-bond acceptors (Lipinski definition) is 5. The van der Waals surface area contributed by atoms with Gasteiger partial charge in [0, 0.05) is 12.8 Å². The number of rotatable bonds is 57. The number of allylic oxidation sites excluding steroid dienone is 12. The van der Waals surface area contributed by atoms with Gasteiger partial charge in [-0.3, -0.25) is 9.59 Å². The largest absolute Gasteiger partial charge is 0.462 e. The van der Waals surface area contributed by atoms with Gasteiger partial charge in [0.25, 0.3) is 0 Å². The van der Waals surface area contributed by atoms with E-state index in [1.54, 1.807) is 0 Å². The van der Waals surface area contributed by atoms with E-state index in [2.05, 4.69) is 86.8 Å². The molecule has 0 spiro atoms. The maximum atomic E-state index is 12.3. The molecular weight excluding hydrogens is 873 g/mol. The van der Waals surface area contributed by atoms with E-state index in [1.165, 1.54) is 212 Å². The molecule has 1 unspecified atom stereocenters. The molecule has 5 nitrogen and oxygen atoms in total. The number of esters is 2. The summed E-state index contributed by atoms with van der Waals surface area (Å²) in [5.41, 5.74) is 0. The minimum Gasteiger partial charge on any atom is -0.462 e. The molecule has 0 amide bonds. The van der Waals surface area contributed by atoms with Gasteiger partial charge in [-0.2, -0.15) is 0 Å². The molecule has 71 heavy (non-hydrogen) atoms. The number of aliphatic hydroxyl groups is 1. The summed E-state index contributed by atoms with van der Waals surface area (Å²) in [4.78, 5) is 24.5. The molecule has 0 aromatic heterocycles. The van der Waals surface area contributed by atoms with Crippen molar-refractivity contribution in [1.82, 2.24) is 0 Å². The van der Waals surface area contributed by atoms with E-state index in [4.69, 9.17) is 9.47 Å². The van der Waals surface area contributed by atoms with Gasteiger partial charge in [-0.25, -0.2) is 0 Å². The summed E-state index contributed by atoms with van der Waals surface area (Å²) in [5, 5.41) is 9.65. The zero-order valence-electron chi connectivity index (χ0n) is 47.2. The highest BCUT2D eigenvalue weighted by Crippen LogP contribution is 2.18. The minimum absolute atomic E-state index is 0.0840. The molecule has 0 radical (unpaired) electrons. The van der Waals surface area contributed by atoms with Crippen molar-refractivity contribution in [1.29, 1.82) is 0 Å². The lowest BCUT2D eigenvalue weighted by atomic mass is 10.0. The van der Waals surface area contributed by atoms with Crippen LogP contribution in [-0.4, -0.2) is 36.4 Å². The van der Waals surface area contributed by atoms with E-state index in [-0.39, 0.29) is 25.2 Å². The first-order valence-electron chi connectivity index (χ1n) is 31.0. The fraction of sp³-hybridized carbons (Fsp3) is 0.788. The van der Waals surface area contributed by atoms with Crippen molar-refractivity contribution < 1.29 is 24.2 Å². The Hall–Kier alpha value is -2.66. The zero-order valence-corrected chi connectivity index (χ0v) is 47.2. The quantitative estimate of drug-likeness (QED) is 0.0373. The van der Waals surface area contributed by atoms with Crippen molar-refractivity contribution >= 4 is 11.9 Å². The van der Waals surface area contributed by atoms with E-state index in [0.29, 0.717) is 12.8 Å². The Morgan fingerprint density at radius 2 is 0.606 bits per heavy atom. The normalized spacial score (nSPS) is 12.7. The second-order valence-corrected chi connectivity index (χ2v) is 20.8. The summed E-state index contributed by atoms with van der Waals surface area (Å²) in [5.74, 6) is -0.633. The smallest absolute Gasteiger partial charge is 0.306 e. The molecule has 0 saturated carbocycles. The van der Waals surface area contributed by atoms with Crippen molar-refractivity contribution in [3.05, 3.63) is 72.9 Å². The van der Waals surface area contributed by atoms with Crippen molar-refractivity contribution in [2.24, 2.45) is 0 Å². The Bertz CT molecular complexity index is 1260. The minimum atomic E-state index is -0.798. The highest BCUT2D eigenvalue weighted by Gasteiger charge is 2.16. The average molecular weight is 992 g/mol. The molecule has 412 valence electrons. The van der Waals surface area contributed by atoms with Crippen molar-refractivity contribution in [2.45, 2.75) is 322 Å². The van der Waals surface area contributed by atoms with E-state index in [1.807, 2.05) is 0 Å². The number of hydrogen-bond donors (Lipinski definition) is 1. The standard InChI is InChI=1S/C66H118O5/c1-3-5-7-9-11-13-15-17-19-21-23-25-26-27-28-29-30-31-32-33-34-35-36-37-38-39-41-42-44-46-48-50-52-54-56-58-60-65(68)70-63-64(62-67)71-66(69)61-59-57-55-53-51-49-47-45-43-40-24-22-20-18-16-14-12-10-8-6-4-2/h6,8,12,14,18,20,24,40,45,47,51,53,64,67H,3-5,7,9-11,13,15-17,19,21-23,25-39,41-44,46,48-50,52,54-63H2,1-2H3/b8-6-,14-12-,20-18-,40-24-,47-45-,53-51-. The van der Waals surface area contributed by atoms with Gasteiger partial charge in [-0.15, -0.1) is 0 Å². The molecule has 0 rings (SSSR count). The maximum Gasteiger partial charge on any atom is 0.306 e. The third-order valence-corrected chi connectivity index (χ3v) is 13.8. The second kappa shape index (κ2) is 61.6. The summed E-state index contributed by atoms with van der Waals surface area (Å²) >= 11 is 0. The molecule has 0 aliphatic carbocycles. The molecule has 0 bridgehead atoms. The molecule has 1 N–H and O–H groups in total. The van der Waals surface area contributed by atoms with Crippen LogP contribution >= 0.6 is 0 Å². The van der Waals surface area contributed by atoms with E-state index in [0.717, 1.165) is 77.0 Å². The number of aliphatic hydroxyl groups excluding tert-OH is 1. The van der Waals surface area contributed by atoms with Crippen LogP contribution in [0.2, 0.25) is 0 Å². The van der Waals surface area contributed by atoms with Gasteiger partial charge in [0.15, 0.2) is 6.10 Å². The number of carbonyl (C=O) groups is 2. The van der Waals surface area contributed by atoms with Gasteiger partial charge in [0.05, 0.1) is 6.61 Å². The fourth-order valence-corrected chi connectivity index (χ4v) is 9.15. The van der Waals surface area contributed by atoms with Crippen LogP contribution in [-0.2, 0) is 19.1 Å². The Morgan fingerprint density at radius 3 is 0.915 bits per heavy atom. The number of ether oxygens (including phenoxy) is 2. The number of unbranched alkanes of at least 4 members (excludes halogenated alkanes) is 37. The van der Waals surface area contributed by atoms with Gasteiger partial charge in [-0.1, -0.05) is 311 Å². The Balaban J connectivity index is 3.44. The monoisotopic (exact) mass is 991 g/mol. The van der Waals surface area contributed by atoms with Crippen LogP contribution in [0.15, 0.2) is 72.9 Å². The lowest BCUT2D eigenvalue weighted by Crippen LogP contribution is -2.28. The van der Waals surface area contributed by atoms with Gasteiger partial charge in [-0.05, 0) is 64.2 Å². The van der Waals surface area contributed by atoms with Crippen LogP contribution in [0.3, 0.4) is 0 Å². The van der Waals surface area contributed by atoms with Crippen LogP contribution in [0.5, 0.6) is 0 Å². The van der Waals surface area contributed by atoms with Crippen LogP contribution in [0.4, 0.5) is 0 Å². The van der Waals surface area contributed by atoms with Gasteiger partial charge in [0.1, 0.15) is 6.61 Å². The molecule has 0 aliphatic heterocycles. The third-order valence-electron chi connectivity index (χ3n) is 13.8. The second-order valence-electron chi connectivity index (χ2n) is 20.8. The van der Waals surface area contributed by atoms with Crippen molar-refractivity contribution in [3.63, 3.8) is 0 Å². The fourth-order valence-electron chi connectivity index (χ4n) is 9.15. The van der Waals surface area contributed by atoms with Crippen LogP contribution in [0.1, 0.15) is 316 Å². The van der Waals surface area contributed by atoms with Gasteiger partial charge < -0.3 is 14.6 Å². The third kappa shape index (κ3) is 59.8. The lowest BCUT2D eigenvalue weighted by molar-refractivity contribution is -0.161. The summed E-state index contributed by atoms with van der Waals surface area (Å²) in [6.45, 7) is 4.02. The first-order chi connectivity index (χ1) is 35.1. The van der Waals surface area contributed by atoms with E-state index >= 15 is 0 Å². The first kappa shape index (κ1) is 68.3. The SMILES string of the molecule is CC/C=C\C/C=C\C/C=C\C/C=C\C/C=C\C/C=C\CCCCC(=O)OC(CO)COC(=O)CCCCCCCCCCCCCCCCCCCCCCCCCCCCCCCCCCCCCC. The number of carbonyl (C=O) groups excluding carboxylic acids is 2. The highest BCUT2D eigenvalue weighted by atomic mass is 16.6. The summed E-state index contributed by atoms with van der Waals surface area (Å²) in [6.07, 6.45) is 84.9. The Kier molecular flexibility index (Phi) is 59.3. The highest BCUT2D eigenvalue weighted by molar-refractivity contribution is 5.70. The summed E-state index contributed by atoms with van der Waals surface area (Å²) in [7, 11) is 0. The molecule has 0 fully saturated rings. The van der Waals surface area contributed by atoms with Crippen molar-refractivity contribution in [3.8, 4) is 0 Å². The predicted molar refractivity (Wildman–Crippen MR) is 311 cm³/mol. The van der Waals surface area contributed by atoms with Gasteiger partial charge in [0.2, 0.25) is 0 Å². The van der Waals surface area contributed by atoms with E-state index in [9.17, 15) is 14.7 Å². The topological polar surface area (TPSA) is 72.8 Å². The van der Waals surface area contributed by atoms with Crippen molar-refractivity contribution in [2.75, 3.05) is 13.2 Å². The van der Waals surface area contributed by atoms with Crippen LogP contribution in [0.25, 0.3) is 0 Å². The molecule has 5 heteroatoms. The molecule has 0 saturated heterocycles. The molecule has 0 heterocycles. The van der Waals surface area contributed by atoms with Gasteiger partial charge >= 0.3 is 11.9 Å². The molecule has 0 aromatic rings. The van der Waals surface area contributed by atoms with E-state index < -0.39 is 6.10 Å². The molecule has 1 atom stereocenters. The first-order valence-corrected chi connectivity index (χ1v) is 31.0. The van der Waals surface area contributed by atoms with Crippen LogP contribution in [0, 0.1) is 0 Å². The molecule has 0 aromatic carbocycles. The zero-order chi connectivity index (χ0) is 51.3. The Labute approximate surface area is 442 Å².